The molecule has 2 amide bonds. The summed E-state index contributed by atoms with van der Waals surface area (Å²) >= 11 is 3.46. The number of hydrogen-bond acceptors (Lipinski definition) is 6. The van der Waals surface area contributed by atoms with Crippen LogP contribution in [0.15, 0.2) is 60.7 Å². The van der Waals surface area contributed by atoms with Crippen LogP contribution < -0.4 is 5.32 Å². The first-order valence-electron chi connectivity index (χ1n) is 10.7. The third-order valence-corrected chi connectivity index (χ3v) is 9.38. The van der Waals surface area contributed by atoms with Gasteiger partial charge in [-0.1, -0.05) is 60.7 Å². The van der Waals surface area contributed by atoms with Gasteiger partial charge in [-0.3, -0.25) is 9.59 Å². The molecule has 6 nitrogen and oxygen atoms in total. The number of nitrogens with one attached hydrogen (secondary N) is 1. The van der Waals surface area contributed by atoms with Gasteiger partial charge in [0, 0.05) is 5.75 Å². The van der Waals surface area contributed by atoms with Gasteiger partial charge in [0.2, 0.25) is 11.8 Å². The van der Waals surface area contributed by atoms with Crippen molar-refractivity contribution in [2.75, 3.05) is 11.5 Å². The minimum absolute atomic E-state index is 0.181. The number of esters is 1. The Bertz CT molecular complexity index is 1010. The Balaban J connectivity index is 1.28. The molecule has 2 aromatic rings. The lowest BCUT2D eigenvalue weighted by Gasteiger charge is -2.44. The Kier molecular flexibility index (Phi) is 5.90. The predicted octanol–water partition coefficient (Wildman–Crippen LogP) is 2.62. The first kappa shape index (κ1) is 21.4. The molecule has 5 rings (SSSR count). The zero-order valence-electron chi connectivity index (χ0n) is 17.4. The van der Waals surface area contributed by atoms with Crippen molar-refractivity contribution >= 4 is 41.3 Å². The Labute approximate surface area is 195 Å². The molecule has 32 heavy (non-hydrogen) atoms. The molecule has 3 aliphatic rings. The lowest BCUT2D eigenvalue weighted by Crippen LogP contribution is -2.71. The summed E-state index contributed by atoms with van der Waals surface area (Å²) in [5, 5.41) is 2.67. The summed E-state index contributed by atoms with van der Waals surface area (Å²) in [7, 11) is 0. The molecule has 0 aliphatic carbocycles. The van der Waals surface area contributed by atoms with Crippen LogP contribution in [-0.2, 0) is 32.1 Å². The fourth-order valence-corrected chi connectivity index (χ4v) is 8.24. The number of hydrogen-bond donors (Lipinski definition) is 1. The molecule has 0 aromatic heterocycles. The number of ether oxygens (including phenoxy) is 1. The van der Waals surface area contributed by atoms with Gasteiger partial charge in [-0.25, -0.2) is 4.79 Å². The van der Waals surface area contributed by atoms with Gasteiger partial charge in [-0.2, -0.15) is 11.8 Å². The van der Waals surface area contributed by atoms with Crippen LogP contribution in [0, 0.1) is 0 Å². The molecule has 3 unspecified atom stereocenters. The third-order valence-electron chi connectivity index (χ3n) is 6.20. The first-order chi connectivity index (χ1) is 15.6. The van der Waals surface area contributed by atoms with Crippen LogP contribution in [0.3, 0.4) is 0 Å². The molecule has 0 bridgehead atoms. The molecule has 0 saturated carbocycles. The van der Waals surface area contributed by atoms with E-state index in [1.54, 1.807) is 28.4 Å². The van der Waals surface area contributed by atoms with Crippen molar-refractivity contribution in [1.82, 2.24) is 10.2 Å². The van der Waals surface area contributed by atoms with Gasteiger partial charge in [0.1, 0.15) is 24.1 Å². The Morgan fingerprint density at radius 1 is 1.06 bits per heavy atom. The van der Waals surface area contributed by atoms with Crippen LogP contribution in [-0.4, -0.2) is 56.4 Å². The van der Waals surface area contributed by atoms with E-state index in [1.807, 2.05) is 60.7 Å². The zero-order valence-corrected chi connectivity index (χ0v) is 19.1. The highest BCUT2D eigenvalue weighted by Crippen LogP contribution is 2.56. The van der Waals surface area contributed by atoms with Gasteiger partial charge < -0.3 is 15.0 Å². The maximum atomic E-state index is 13.2. The van der Waals surface area contributed by atoms with Crippen molar-refractivity contribution in [3.8, 4) is 0 Å². The molecule has 1 spiro atoms. The molecule has 1 N–H and O–H groups in total. The molecular weight excluding hydrogens is 444 g/mol. The average molecular weight is 469 g/mol. The SMILES string of the molecule is O=C(Cc1ccccc1)NC1C(=O)N2C(C(=O)OCc3ccccc3)C3(CCSC3)S[C@@H]12. The van der Waals surface area contributed by atoms with Crippen LogP contribution in [0.1, 0.15) is 17.5 Å². The zero-order chi connectivity index (χ0) is 22.1. The van der Waals surface area contributed by atoms with Crippen LogP contribution >= 0.6 is 23.5 Å². The fraction of sp³-hybridized carbons (Fsp3) is 0.375. The molecule has 166 valence electrons. The van der Waals surface area contributed by atoms with Gasteiger partial charge in [0.15, 0.2) is 0 Å². The van der Waals surface area contributed by atoms with Crippen LogP contribution in [0.25, 0.3) is 0 Å². The van der Waals surface area contributed by atoms with Gasteiger partial charge in [-0.15, -0.1) is 11.8 Å². The van der Waals surface area contributed by atoms with Crippen molar-refractivity contribution in [1.29, 1.82) is 0 Å². The second-order valence-corrected chi connectivity index (χ2v) is 11.0. The van der Waals surface area contributed by atoms with E-state index >= 15 is 0 Å². The number of carbonyl (C=O) groups excluding carboxylic acids is 3. The van der Waals surface area contributed by atoms with E-state index in [-0.39, 0.29) is 40.9 Å². The van der Waals surface area contributed by atoms with Crippen molar-refractivity contribution in [3.05, 3.63) is 71.8 Å². The largest absolute Gasteiger partial charge is 0.459 e. The van der Waals surface area contributed by atoms with E-state index in [0.717, 1.165) is 29.1 Å². The van der Waals surface area contributed by atoms with Gasteiger partial charge in [0.05, 0.1) is 11.2 Å². The number of benzene rings is 2. The van der Waals surface area contributed by atoms with Gasteiger partial charge in [-0.05, 0) is 23.3 Å². The molecule has 0 radical (unpaired) electrons. The predicted molar refractivity (Wildman–Crippen MR) is 125 cm³/mol. The summed E-state index contributed by atoms with van der Waals surface area (Å²) < 4.78 is 5.30. The van der Waals surface area contributed by atoms with Gasteiger partial charge in [0.25, 0.3) is 0 Å². The number of carbonyl (C=O) groups is 3. The molecular formula is C24H24N2O4S2. The van der Waals surface area contributed by atoms with E-state index < -0.39 is 12.1 Å². The number of β-lactam (4-membered cyclic amide) rings is 1. The summed E-state index contributed by atoms with van der Waals surface area (Å²) in [4.78, 5) is 40.4. The van der Waals surface area contributed by atoms with E-state index in [9.17, 15) is 14.4 Å². The van der Waals surface area contributed by atoms with Crippen LogP contribution in [0.4, 0.5) is 0 Å². The molecule has 3 heterocycles. The molecule has 4 atom stereocenters. The van der Waals surface area contributed by atoms with E-state index in [4.69, 9.17) is 4.74 Å². The monoisotopic (exact) mass is 468 g/mol. The number of amides is 2. The number of thioether (sulfide) groups is 2. The normalized spacial score (nSPS) is 28.3. The third kappa shape index (κ3) is 3.90. The maximum Gasteiger partial charge on any atom is 0.330 e. The Morgan fingerprint density at radius 3 is 2.41 bits per heavy atom. The van der Waals surface area contributed by atoms with E-state index in [2.05, 4.69) is 5.32 Å². The maximum absolute atomic E-state index is 13.2. The second kappa shape index (κ2) is 8.83. The quantitative estimate of drug-likeness (QED) is 0.519. The molecule has 3 saturated heterocycles. The number of nitrogens with zero attached hydrogens (tertiary/aromatic N) is 1. The Hall–Kier alpha value is -2.45. The second-order valence-electron chi connectivity index (χ2n) is 8.32. The lowest BCUT2D eigenvalue weighted by atomic mass is 9.92. The fourth-order valence-electron chi connectivity index (χ4n) is 4.59. The van der Waals surface area contributed by atoms with Crippen molar-refractivity contribution < 1.29 is 19.1 Å². The summed E-state index contributed by atoms with van der Waals surface area (Å²) in [5.74, 6) is 1.02. The number of rotatable bonds is 6. The highest BCUT2D eigenvalue weighted by atomic mass is 32.2. The first-order valence-corrected chi connectivity index (χ1v) is 12.7. The van der Waals surface area contributed by atoms with Crippen molar-refractivity contribution in [2.24, 2.45) is 0 Å². The lowest BCUT2D eigenvalue weighted by molar-refractivity contribution is -0.165. The number of fused-ring (bicyclic) bond motifs is 1. The summed E-state index contributed by atoms with van der Waals surface area (Å²) in [6, 6.07) is 17.8. The summed E-state index contributed by atoms with van der Waals surface area (Å²) in [5.41, 5.74) is 1.82. The minimum atomic E-state index is -0.606. The molecule has 3 aliphatic heterocycles. The van der Waals surface area contributed by atoms with Crippen molar-refractivity contribution in [3.63, 3.8) is 0 Å². The highest BCUT2D eigenvalue weighted by molar-refractivity contribution is 8.05. The van der Waals surface area contributed by atoms with Crippen LogP contribution in [0.5, 0.6) is 0 Å². The topological polar surface area (TPSA) is 75.7 Å². The van der Waals surface area contributed by atoms with E-state index in [0.29, 0.717) is 0 Å². The minimum Gasteiger partial charge on any atom is -0.459 e. The van der Waals surface area contributed by atoms with Gasteiger partial charge >= 0.3 is 5.97 Å². The molecule has 3 fully saturated rings. The van der Waals surface area contributed by atoms with E-state index in [1.165, 1.54) is 0 Å². The van der Waals surface area contributed by atoms with Crippen molar-refractivity contribution in [2.45, 2.75) is 41.7 Å². The summed E-state index contributed by atoms with van der Waals surface area (Å²) in [6.45, 7) is 0.188. The molecule has 8 heteroatoms. The summed E-state index contributed by atoms with van der Waals surface area (Å²) in [6.07, 6.45) is 1.07. The average Bonchev–Trinajstić information content (AvgIpc) is 3.40. The highest BCUT2D eigenvalue weighted by Gasteiger charge is 2.68. The molecule has 2 aromatic carbocycles. The Morgan fingerprint density at radius 2 is 1.75 bits per heavy atom. The standard InChI is InChI=1S/C24H24N2O4S2/c27-18(13-16-7-3-1-4-8-16)25-19-21(28)26-20(24(32-22(19)26)11-12-31-15-24)23(29)30-14-17-9-5-2-6-10-17/h1-10,19-20,22H,11-15H2,(H,25,27)/t19?,20?,22-,24?/m0/s1. The van der Waals surface area contributed by atoms with Crippen LogP contribution in [0.2, 0.25) is 0 Å². The smallest absolute Gasteiger partial charge is 0.330 e.